The largest absolute Gasteiger partial charge is 0.425 e. The van der Waals surface area contributed by atoms with Crippen molar-refractivity contribution in [2.45, 2.75) is 0 Å². The van der Waals surface area contributed by atoms with Gasteiger partial charge in [-0.25, -0.2) is 0 Å². The molecule has 2 rings (SSSR count). The average molecular weight is 242 g/mol. The monoisotopic (exact) mass is 241 g/mol. The third kappa shape index (κ3) is 1.76. The van der Waals surface area contributed by atoms with E-state index >= 15 is 0 Å². The molecule has 0 radical (unpaired) electrons. The van der Waals surface area contributed by atoms with Crippen molar-refractivity contribution in [3.05, 3.63) is 34.4 Å². The first-order valence-corrected chi connectivity index (χ1v) is 4.82. The Bertz CT molecular complexity index is 528. The zero-order valence-corrected chi connectivity index (χ0v) is 8.92. The molecule has 0 saturated heterocycles. The van der Waals surface area contributed by atoms with E-state index in [0.29, 0.717) is 22.4 Å². The van der Waals surface area contributed by atoms with E-state index < -0.39 is 0 Å². The van der Waals surface area contributed by atoms with Gasteiger partial charge in [0.25, 0.3) is 6.47 Å². The van der Waals surface area contributed by atoms with Crippen molar-refractivity contribution in [2.24, 2.45) is 0 Å². The molecule has 0 saturated carbocycles. The van der Waals surface area contributed by atoms with Crippen molar-refractivity contribution < 1.29 is 9.53 Å². The zero-order chi connectivity index (χ0) is 10.8. The van der Waals surface area contributed by atoms with Gasteiger partial charge in [0.2, 0.25) is 0 Å². The van der Waals surface area contributed by atoms with Gasteiger partial charge < -0.3 is 4.74 Å². The smallest absolute Gasteiger partial charge is 0.298 e. The zero-order valence-electron chi connectivity index (χ0n) is 7.41. The van der Waals surface area contributed by atoms with Crippen LogP contribution >= 0.6 is 23.2 Å². The SMILES string of the molecule is O=COc1c(Cl)cc(Cl)c2cccnc12. The molecule has 0 unspecified atom stereocenters. The fraction of sp³-hybridized carbons (Fsp3) is 0. The van der Waals surface area contributed by atoms with E-state index in [0.717, 1.165) is 0 Å². The van der Waals surface area contributed by atoms with Crippen LogP contribution in [0.4, 0.5) is 0 Å². The van der Waals surface area contributed by atoms with Crippen LogP contribution in [-0.4, -0.2) is 11.5 Å². The van der Waals surface area contributed by atoms with E-state index in [9.17, 15) is 4.79 Å². The molecule has 1 aromatic carbocycles. The minimum Gasteiger partial charge on any atom is -0.425 e. The average Bonchev–Trinajstić information content (AvgIpc) is 2.24. The Morgan fingerprint density at radius 3 is 2.87 bits per heavy atom. The number of hydrogen-bond donors (Lipinski definition) is 0. The molecule has 15 heavy (non-hydrogen) atoms. The standard InChI is InChI=1S/C10H5Cl2NO2/c11-7-4-8(12)10(15-5-14)9-6(7)2-1-3-13-9/h1-5H. The Morgan fingerprint density at radius 2 is 2.13 bits per heavy atom. The minimum absolute atomic E-state index is 0.228. The summed E-state index contributed by atoms with van der Waals surface area (Å²) in [5.74, 6) is 0.228. The lowest BCUT2D eigenvalue weighted by Gasteiger charge is -2.06. The van der Waals surface area contributed by atoms with Crippen molar-refractivity contribution in [1.82, 2.24) is 4.98 Å². The van der Waals surface area contributed by atoms with Crippen LogP contribution in [0.2, 0.25) is 10.0 Å². The Morgan fingerprint density at radius 1 is 1.33 bits per heavy atom. The van der Waals surface area contributed by atoms with Gasteiger partial charge in [0.1, 0.15) is 5.52 Å². The molecule has 1 heterocycles. The highest BCUT2D eigenvalue weighted by molar-refractivity contribution is 6.39. The third-order valence-corrected chi connectivity index (χ3v) is 2.51. The molecule has 0 fully saturated rings. The van der Waals surface area contributed by atoms with Crippen LogP contribution in [0, 0.1) is 0 Å². The lowest BCUT2D eigenvalue weighted by Crippen LogP contribution is -1.93. The molecule has 2 aromatic rings. The molecule has 3 nitrogen and oxygen atoms in total. The van der Waals surface area contributed by atoms with Crippen molar-refractivity contribution in [3.63, 3.8) is 0 Å². The van der Waals surface area contributed by atoms with Crippen LogP contribution in [0.5, 0.6) is 5.75 Å². The summed E-state index contributed by atoms with van der Waals surface area (Å²) >= 11 is 11.8. The maximum atomic E-state index is 10.3. The van der Waals surface area contributed by atoms with Crippen molar-refractivity contribution in [1.29, 1.82) is 0 Å². The number of halogens is 2. The normalized spacial score (nSPS) is 10.3. The molecule has 0 aliphatic heterocycles. The fourth-order valence-electron chi connectivity index (χ4n) is 1.31. The molecule has 1 aromatic heterocycles. The lowest BCUT2D eigenvalue weighted by atomic mass is 10.2. The Balaban J connectivity index is 2.83. The van der Waals surface area contributed by atoms with Gasteiger partial charge in [-0.1, -0.05) is 23.2 Å². The van der Waals surface area contributed by atoms with Gasteiger partial charge in [-0.05, 0) is 18.2 Å². The first-order valence-electron chi connectivity index (χ1n) is 4.07. The van der Waals surface area contributed by atoms with E-state index in [2.05, 4.69) is 4.98 Å². The van der Waals surface area contributed by atoms with Gasteiger partial charge >= 0.3 is 0 Å². The maximum absolute atomic E-state index is 10.3. The van der Waals surface area contributed by atoms with Gasteiger partial charge in [-0.2, -0.15) is 0 Å². The summed E-state index contributed by atoms with van der Waals surface area (Å²) in [6.45, 7) is 0.309. The van der Waals surface area contributed by atoms with Crippen LogP contribution in [-0.2, 0) is 4.79 Å². The van der Waals surface area contributed by atoms with Crippen molar-refractivity contribution in [2.75, 3.05) is 0 Å². The molecular formula is C10H5Cl2NO2. The predicted molar refractivity (Wildman–Crippen MR) is 58.5 cm³/mol. The number of aromatic nitrogens is 1. The van der Waals surface area contributed by atoms with Gasteiger partial charge in [0, 0.05) is 11.6 Å². The number of benzene rings is 1. The first kappa shape index (κ1) is 10.2. The second-order valence-electron chi connectivity index (χ2n) is 2.78. The quantitative estimate of drug-likeness (QED) is 0.759. The predicted octanol–water partition coefficient (Wildman–Crippen LogP) is 3.08. The molecule has 76 valence electrons. The molecule has 5 heteroatoms. The highest BCUT2D eigenvalue weighted by atomic mass is 35.5. The summed E-state index contributed by atoms with van der Waals surface area (Å²) in [7, 11) is 0. The molecule has 0 aliphatic carbocycles. The van der Waals surface area contributed by atoms with E-state index in [4.69, 9.17) is 27.9 Å². The number of hydrogen-bond acceptors (Lipinski definition) is 3. The van der Waals surface area contributed by atoms with Crippen LogP contribution in [0.1, 0.15) is 0 Å². The molecule has 0 bridgehead atoms. The fourth-order valence-corrected chi connectivity index (χ4v) is 1.87. The van der Waals surface area contributed by atoms with Crippen molar-refractivity contribution >= 4 is 40.6 Å². The molecule has 0 aliphatic rings. The number of carbonyl (C=O) groups is 1. The van der Waals surface area contributed by atoms with Gasteiger partial charge in [-0.3, -0.25) is 9.78 Å². The number of pyridine rings is 1. The van der Waals surface area contributed by atoms with Gasteiger partial charge in [-0.15, -0.1) is 0 Å². The van der Waals surface area contributed by atoms with Crippen LogP contribution in [0.15, 0.2) is 24.4 Å². The first-order chi connectivity index (χ1) is 7.24. The number of nitrogens with zero attached hydrogens (tertiary/aromatic N) is 1. The minimum atomic E-state index is 0.228. The summed E-state index contributed by atoms with van der Waals surface area (Å²) in [6.07, 6.45) is 1.58. The molecule has 0 N–H and O–H groups in total. The van der Waals surface area contributed by atoms with Gasteiger partial charge in [0.05, 0.1) is 10.0 Å². The van der Waals surface area contributed by atoms with Gasteiger partial charge in [0.15, 0.2) is 5.75 Å². The summed E-state index contributed by atoms with van der Waals surface area (Å²) in [5.41, 5.74) is 0.474. The Kier molecular flexibility index (Phi) is 2.75. The second kappa shape index (κ2) is 4.04. The maximum Gasteiger partial charge on any atom is 0.298 e. The second-order valence-corrected chi connectivity index (χ2v) is 3.60. The Labute approximate surface area is 95.6 Å². The van der Waals surface area contributed by atoms with Crippen LogP contribution in [0.25, 0.3) is 10.9 Å². The molecule has 0 atom stereocenters. The number of carbonyl (C=O) groups excluding carboxylic acids is 1. The highest BCUT2D eigenvalue weighted by Gasteiger charge is 2.11. The van der Waals surface area contributed by atoms with E-state index in [1.165, 1.54) is 6.07 Å². The van der Waals surface area contributed by atoms with Crippen LogP contribution < -0.4 is 4.74 Å². The van der Waals surface area contributed by atoms with Crippen LogP contribution in [0.3, 0.4) is 0 Å². The third-order valence-electron chi connectivity index (χ3n) is 1.92. The Hall–Kier alpha value is -1.32. The summed E-state index contributed by atoms with van der Waals surface area (Å²) in [6, 6.07) is 5.04. The number of ether oxygens (including phenoxy) is 1. The lowest BCUT2D eigenvalue weighted by molar-refractivity contribution is -0.120. The molecule has 0 spiro atoms. The number of fused-ring (bicyclic) bond motifs is 1. The highest BCUT2D eigenvalue weighted by Crippen LogP contribution is 2.36. The summed E-state index contributed by atoms with van der Waals surface area (Å²) in [5, 5.41) is 1.43. The van der Waals surface area contributed by atoms with E-state index in [-0.39, 0.29) is 10.8 Å². The molecular weight excluding hydrogens is 237 g/mol. The molecule has 0 amide bonds. The van der Waals surface area contributed by atoms with E-state index in [1.807, 2.05) is 0 Å². The topological polar surface area (TPSA) is 39.2 Å². The number of rotatable bonds is 2. The van der Waals surface area contributed by atoms with E-state index in [1.54, 1.807) is 18.3 Å². The summed E-state index contributed by atoms with van der Waals surface area (Å²) < 4.78 is 4.77. The summed E-state index contributed by atoms with van der Waals surface area (Å²) in [4.78, 5) is 14.4. The van der Waals surface area contributed by atoms with Crippen molar-refractivity contribution in [3.8, 4) is 5.75 Å².